The van der Waals surface area contributed by atoms with E-state index in [1.54, 1.807) is 6.07 Å². The van der Waals surface area contributed by atoms with Gasteiger partial charge >= 0.3 is 0 Å². The molecule has 1 aromatic carbocycles. The van der Waals surface area contributed by atoms with Crippen LogP contribution in [-0.4, -0.2) is 30.6 Å². The Morgan fingerprint density at radius 3 is 2.30 bits per heavy atom. The van der Waals surface area contributed by atoms with Crippen molar-refractivity contribution < 1.29 is 9.90 Å². The third kappa shape index (κ3) is 5.24. The minimum Gasteiger partial charge on any atom is -0.508 e. The Labute approximate surface area is 140 Å². The summed E-state index contributed by atoms with van der Waals surface area (Å²) < 4.78 is 0. The molecular formula is C19H32N2O2. The molecule has 130 valence electrons. The number of rotatable bonds is 6. The van der Waals surface area contributed by atoms with E-state index in [4.69, 9.17) is 0 Å². The van der Waals surface area contributed by atoms with E-state index in [0.717, 1.165) is 11.1 Å². The first kappa shape index (κ1) is 19.5. The summed E-state index contributed by atoms with van der Waals surface area (Å²) in [5.74, 6) is 0.790. The normalized spacial score (nSPS) is 14.6. The molecule has 1 aromatic rings. The highest BCUT2D eigenvalue weighted by Crippen LogP contribution is 2.32. The first-order valence-corrected chi connectivity index (χ1v) is 8.36. The molecule has 0 fully saturated rings. The molecule has 0 radical (unpaired) electrons. The van der Waals surface area contributed by atoms with Crippen LogP contribution in [0.1, 0.15) is 58.6 Å². The quantitative estimate of drug-likeness (QED) is 0.754. The third-order valence-electron chi connectivity index (χ3n) is 4.24. The van der Waals surface area contributed by atoms with Crippen LogP contribution in [0.2, 0.25) is 0 Å². The van der Waals surface area contributed by atoms with Crippen LogP contribution in [0.15, 0.2) is 18.2 Å². The van der Waals surface area contributed by atoms with Crippen LogP contribution in [0.4, 0.5) is 0 Å². The second kappa shape index (κ2) is 7.82. The molecule has 0 saturated heterocycles. The van der Waals surface area contributed by atoms with Gasteiger partial charge in [0, 0.05) is 6.54 Å². The molecule has 2 atom stereocenters. The van der Waals surface area contributed by atoms with Crippen molar-refractivity contribution in [1.29, 1.82) is 0 Å². The van der Waals surface area contributed by atoms with Crippen LogP contribution in [0.5, 0.6) is 5.75 Å². The number of nitrogens with one attached hydrogen (secondary N) is 2. The molecule has 1 rings (SSSR count). The van der Waals surface area contributed by atoms with Crippen LogP contribution < -0.4 is 10.6 Å². The minimum atomic E-state index is -0.174. The first-order valence-electron chi connectivity index (χ1n) is 8.36. The Balaban J connectivity index is 2.79. The van der Waals surface area contributed by atoms with Crippen molar-refractivity contribution in [3.05, 3.63) is 29.3 Å². The number of carbonyl (C=O) groups is 1. The lowest BCUT2D eigenvalue weighted by molar-refractivity contribution is -0.124. The second-order valence-electron chi connectivity index (χ2n) is 7.68. The van der Waals surface area contributed by atoms with E-state index in [2.05, 4.69) is 38.3 Å². The molecule has 0 aliphatic carbocycles. The third-order valence-corrected chi connectivity index (χ3v) is 4.24. The van der Waals surface area contributed by atoms with Gasteiger partial charge in [-0.15, -0.1) is 0 Å². The van der Waals surface area contributed by atoms with E-state index in [-0.39, 0.29) is 29.2 Å². The van der Waals surface area contributed by atoms with Gasteiger partial charge in [0.15, 0.2) is 0 Å². The highest BCUT2D eigenvalue weighted by Gasteiger charge is 2.22. The van der Waals surface area contributed by atoms with E-state index in [9.17, 15) is 9.90 Å². The summed E-state index contributed by atoms with van der Waals surface area (Å²) >= 11 is 0. The maximum Gasteiger partial charge on any atom is 0.237 e. The van der Waals surface area contributed by atoms with Gasteiger partial charge in [-0.05, 0) is 41.5 Å². The standard InChI is InChI=1S/C19H32N2O2/c1-12(2)17(20-7)18(23)21-11-13(3)14-8-9-16(22)15(10-14)19(4,5)6/h8-10,12-13,17,20,22H,11H2,1-7H3,(H,21,23). The van der Waals surface area contributed by atoms with E-state index in [1.807, 2.05) is 33.0 Å². The monoisotopic (exact) mass is 320 g/mol. The van der Waals surface area contributed by atoms with Crippen molar-refractivity contribution in [3.63, 3.8) is 0 Å². The number of carbonyl (C=O) groups excluding carboxylic acids is 1. The number of likely N-dealkylation sites (N-methyl/N-ethyl adjacent to an activating group) is 1. The van der Waals surface area contributed by atoms with Crippen molar-refractivity contribution >= 4 is 5.91 Å². The van der Waals surface area contributed by atoms with Crippen LogP contribution in [-0.2, 0) is 10.2 Å². The first-order chi connectivity index (χ1) is 10.6. The van der Waals surface area contributed by atoms with Crippen LogP contribution >= 0.6 is 0 Å². The summed E-state index contributed by atoms with van der Waals surface area (Å²) in [6.45, 7) is 13.0. The average Bonchev–Trinajstić information content (AvgIpc) is 2.44. The zero-order valence-corrected chi connectivity index (χ0v) is 15.5. The molecule has 0 spiro atoms. The van der Waals surface area contributed by atoms with Crippen molar-refractivity contribution in [2.75, 3.05) is 13.6 Å². The van der Waals surface area contributed by atoms with Gasteiger partial charge in [-0.2, -0.15) is 0 Å². The number of hydrogen-bond acceptors (Lipinski definition) is 3. The molecule has 4 nitrogen and oxygen atoms in total. The zero-order chi connectivity index (χ0) is 17.8. The van der Waals surface area contributed by atoms with Gasteiger partial charge in [0.2, 0.25) is 5.91 Å². The topological polar surface area (TPSA) is 61.4 Å². The van der Waals surface area contributed by atoms with Gasteiger partial charge in [-0.3, -0.25) is 4.79 Å². The molecule has 23 heavy (non-hydrogen) atoms. The number of benzene rings is 1. The lowest BCUT2D eigenvalue weighted by Gasteiger charge is -2.24. The molecule has 0 heterocycles. The highest BCUT2D eigenvalue weighted by atomic mass is 16.3. The average molecular weight is 320 g/mol. The molecule has 0 saturated carbocycles. The molecular weight excluding hydrogens is 288 g/mol. The number of hydrogen-bond donors (Lipinski definition) is 3. The fourth-order valence-corrected chi connectivity index (χ4v) is 2.71. The number of phenolic OH excluding ortho intramolecular Hbond substituents is 1. The maximum absolute atomic E-state index is 12.2. The van der Waals surface area contributed by atoms with Crippen LogP contribution in [0.3, 0.4) is 0 Å². The summed E-state index contributed by atoms with van der Waals surface area (Å²) in [7, 11) is 1.81. The van der Waals surface area contributed by atoms with Gasteiger partial charge in [0.1, 0.15) is 5.75 Å². The second-order valence-corrected chi connectivity index (χ2v) is 7.68. The maximum atomic E-state index is 12.2. The Kier molecular flexibility index (Phi) is 6.63. The predicted octanol–water partition coefficient (Wildman–Crippen LogP) is 3.15. The van der Waals surface area contributed by atoms with E-state index in [1.165, 1.54) is 0 Å². The summed E-state index contributed by atoms with van der Waals surface area (Å²) in [4.78, 5) is 12.2. The van der Waals surface area contributed by atoms with Crippen molar-refractivity contribution in [2.45, 2.75) is 58.9 Å². The highest BCUT2D eigenvalue weighted by molar-refractivity contribution is 5.82. The van der Waals surface area contributed by atoms with Crippen molar-refractivity contribution in [3.8, 4) is 5.75 Å². The summed E-state index contributed by atoms with van der Waals surface area (Å²) in [6, 6.07) is 5.55. The molecule has 3 N–H and O–H groups in total. The smallest absolute Gasteiger partial charge is 0.237 e. The fraction of sp³-hybridized carbons (Fsp3) is 0.632. The Bertz CT molecular complexity index is 533. The Morgan fingerprint density at radius 1 is 1.22 bits per heavy atom. The molecule has 0 aromatic heterocycles. The van der Waals surface area contributed by atoms with Gasteiger partial charge < -0.3 is 15.7 Å². The van der Waals surface area contributed by atoms with Gasteiger partial charge in [0.05, 0.1) is 6.04 Å². The Morgan fingerprint density at radius 2 is 1.83 bits per heavy atom. The van der Waals surface area contributed by atoms with E-state index in [0.29, 0.717) is 12.3 Å². The zero-order valence-electron chi connectivity index (χ0n) is 15.5. The summed E-state index contributed by atoms with van der Waals surface area (Å²) in [6.07, 6.45) is 0. The van der Waals surface area contributed by atoms with Crippen molar-refractivity contribution in [1.82, 2.24) is 10.6 Å². The number of phenols is 1. The van der Waals surface area contributed by atoms with Gasteiger partial charge in [0.25, 0.3) is 0 Å². The predicted molar refractivity (Wildman–Crippen MR) is 95.9 cm³/mol. The van der Waals surface area contributed by atoms with Crippen LogP contribution in [0.25, 0.3) is 0 Å². The molecule has 4 heteroatoms. The number of amides is 1. The summed E-state index contributed by atoms with van der Waals surface area (Å²) in [5, 5.41) is 16.1. The van der Waals surface area contributed by atoms with Crippen molar-refractivity contribution in [2.24, 2.45) is 5.92 Å². The molecule has 0 bridgehead atoms. The van der Waals surface area contributed by atoms with E-state index >= 15 is 0 Å². The fourth-order valence-electron chi connectivity index (χ4n) is 2.71. The van der Waals surface area contributed by atoms with Gasteiger partial charge in [-0.1, -0.05) is 53.7 Å². The molecule has 0 aliphatic rings. The SMILES string of the molecule is CNC(C(=O)NCC(C)c1ccc(O)c(C(C)(C)C)c1)C(C)C. The summed E-state index contributed by atoms with van der Waals surface area (Å²) in [5.41, 5.74) is 1.94. The minimum absolute atomic E-state index is 0.0316. The molecule has 1 amide bonds. The largest absolute Gasteiger partial charge is 0.508 e. The van der Waals surface area contributed by atoms with Crippen LogP contribution in [0, 0.1) is 5.92 Å². The van der Waals surface area contributed by atoms with E-state index < -0.39 is 0 Å². The molecule has 0 aliphatic heterocycles. The molecule has 2 unspecified atom stereocenters. The lowest BCUT2D eigenvalue weighted by Crippen LogP contribution is -2.46. The Hall–Kier alpha value is -1.55. The number of aromatic hydroxyl groups is 1. The lowest BCUT2D eigenvalue weighted by atomic mass is 9.84. The van der Waals surface area contributed by atoms with Gasteiger partial charge in [-0.25, -0.2) is 0 Å².